The van der Waals surface area contributed by atoms with E-state index in [1.807, 2.05) is 6.07 Å². The van der Waals surface area contributed by atoms with Gasteiger partial charge in [-0.05, 0) is 38.3 Å². The van der Waals surface area contributed by atoms with Gasteiger partial charge in [0, 0.05) is 17.6 Å². The number of hydrogen-bond acceptors (Lipinski definition) is 2. The molecule has 0 radical (unpaired) electrons. The van der Waals surface area contributed by atoms with Crippen molar-refractivity contribution in [3.8, 4) is 0 Å². The van der Waals surface area contributed by atoms with E-state index in [0.717, 1.165) is 19.4 Å². The van der Waals surface area contributed by atoms with Crippen LogP contribution in [0.15, 0.2) is 53.3 Å². The summed E-state index contributed by atoms with van der Waals surface area (Å²) in [7, 11) is 0. The fourth-order valence-electron chi connectivity index (χ4n) is 1.92. The molecule has 1 heterocycles. The molecule has 0 fully saturated rings. The van der Waals surface area contributed by atoms with Crippen molar-refractivity contribution < 1.29 is 4.42 Å². The van der Waals surface area contributed by atoms with Gasteiger partial charge in [-0.25, -0.2) is 0 Å². The second kappa shape index (κ2) is 5.87. The molecule has 2 nitrogen and oxygen atoms in total. The Labute approximate surface area is 109 Å². The van der Waals surface area contributed by atoms with Crippen molar-refractivity contribution in [3.63, 3.8) is 0 Å². The van der Waals surface area contributed by atoms with E-state index in [-0.39, 0.29) is 5.54 Å². The molecule has 2 heteroatoms. The van der Waals surface area contributed by atoms with Crippen LogP contribution in [0, 0.1) is 0 Å². The average molecular weight is 243 g/mol. The van der Waals surface area contributed by atoms with E-state index in [9.17, 15) is 0 Å². The lowest BCUT2D eigenvalue weighted by atomic mass is 9.95. The highest BCUT2D eigenvalue weighted by Gasteiger charge is 2.16. The largest absolute Gasteiger partial charge is 0.472 e. The van der Waals surface area contributed by atoms with Crippen LogP contribution in [0.5, 0.6) is 0 Å². The van der Waals surface area contributed by atoms with Gasteiger partial charge in [0.2, 0.25) is 0 Å². The van der Waals surface area contributed by atoms with Gasteiger partial charge in [0.1, 0.15) is 0 Å². The zero-order chi connectivity index (χ0) is 12.8. The maximum Gasteiger partial charge on any atom is 0.0947 e. The molecule has 0 amide bonds. The van der Waals surface area contributed by atoms with E-state index >= 15 is 0 Å². The summed E-state index contributed by atoms with van der Waals surface area (Å²) in [6.45, 7) is 5.35. The summed E-state index contributed by atoms with van der Waals surface area (Å²) < 4.78 is 5.07. The van der Waals surface area contributed by atoms with E-state index in [1.54, 1.807) is 12.5 Å². The zero-order valence-electron chi connectivity index (χ0n) is 11.1. The Morgan fingerprint density at radius 1 is 1.06 bits per heavy atom. The van der Waals surface area contributed by atoms with Crippen molar-refractivity contribution in [1.29, 1.82) is 0 Å². The number of hydrogen-bond donors (Lipinski definition) is 1. The molecular formula is C16H21NO. The SMILES string of the molecule is CC(C)(CCc1ccccc1)NCc1ccoc1. The molecule has 0 bridgehead atoms. The first kappa shape index (κ1) is 12.9. The highest BCUT2D eigenvalue weighted by molar-refractivity contribution is 5.15. The molecule has 1 aromatic carbocycles. The van der Waals surface area contributed by atoms with Crippen LogP contribution in [-0.4, -0.2) is 5.54 Å². The molecule has 2 aromatic rings. The van der Waals surface area contributed by atoms with Gasteiger partial charge in [-0.15, -0.1) is 0 Å². The lowest BCUT2D eigenvalue weighted by molar-refractivity contribution is 0.359. The number of furan rings is 1. The van der Waals surface area contributed by atoms with Crippen molar-refractivity contribution in [2.24, 2.45) is 0 Å². The fourth-order valence-corrected chi connectivity index (χ4v) is 1.92. The van der Waals surface area contributed by atoms with Crippen molar-refractivity contribution in [3.05, 3.63) is 60.1 Å². The number of aryl methyl sites for hydroxylation is 1. The predicted octanol–water partition coefficient (Wildman–Crippen LogP) is 3.78. The molecule has 1 N–H and O–H groups in total. The Morgan fingerprint density at radius 3 is 2.50 bits per heavy atom. The van der Waals surface area contributed by atoms with Gasteiger partial charge >= 0.3 is 0 Å². The van der Waals surface area contributed by atoms with Crippen LogP contribution >= 0.6 is 0 Å². The average Bonchev–Trinajstić information content (AvgIpc) is 2.89. The van der Waals surface area contributed by atoms with Crippen molar-refractivity contribution in [2.75, 3.05) is 0 Å². The summed E-state index contributed by atoms with van der Waals surface area (Å²) in [5.74, 6) is 0. The van der Waals surface area contributed by atoms with E-state index in [2.05, 4.69) is 49.5 Å². The standard InChI is InChI=1S/C16H21NO/c1-16(2,17-12-15-9-11-18-13-15)10-8-14-6-4-3-5-7-14/h3-7,9,11,13,17H,8,10,12H2,1-2H3. The first-order chi connectivity index (χ1) is 8.66. The summed E-state index contributed by atoms with van der Waals surface area (Å²) >= 11 is 0. The third-order valence-electron chi connectivity index (χ3n) is 3.23. The monoisotopic (exact) mass is 243 g/mol. The molecule has 0 unspecified atom stereocenters. The van der Waals surface area contributed by atoms with Crippen LogP contribution in [0.2, 0.25) is 0 Å². The Bertz CT molecular complexity index is 445. The van der Waals surface area contributed by atoms with Gasteiger partial charge in [-0.3, -0.25) is 0 Å². The smallest absolute Gasteiger partial charge is 0.0947 e. The summed E-state index contributed by atoms with van der Waals surface area (Å²) in [5, 5.41) is 3.57. The van der Waals surface area contributed by atoms with Crippen molar-refractivity contribution in [1.82, 2.24) is 5.32 Å². The maximum atomic E-state index is 5.07. The minimum absolute atomic E-state index is 0.132. The van der Waals surface area contributed by atoms with Crippen LogP contribution in [0.4, 0.5) is 0 Å². The van der Waals surface area contributed by atoms with E-state index in [0.29, 0.717) is 0 Å². The molecule has 0 aliphatic carbocycles. The molecule has 0 spiro atoms. The van der Waals surface area contributed by atoms with Gasteiger partial charge in [-0.1, -0.05) is 30.3 Å². The van der Waals surface area contributed by atoms with Crippen LogP contribution in [0.1, 0.15) is 31.4 Å². The fraction of sp³-hybridized carbons (Fsp3) is 0.375. The number of benzene rings is 1. The first-order valence-corrected chi connectivity index (χ1v) is 6.46. The molecule has 0 aliphatic rings. The summed E-state index contributed by atoms with van der Waals surface area (Å²) in [4.78, 5) is 0. The number of nitrogens with one attached hydrogen (secondary N) is 1. The van der Waals surface area contributed by atoms with Gasteiger partial charge in [0.25, 0.3) is 0 Å². The van der Waals surface area contributed by atoms with Crippen molar-refractivity contribution >= 4 is 0 Å². The lowest BCUT2D eigenvalue weighted by Gasteiger charge is -2.26. The second-order valence-corrected chi connectivity index (χ2v) is 5.35. The normalized spacial score (nSPS) is 11.7. The Kier molecular flexibility index (Phi) is 4.21. The van der Waals surface area contributed by atoms with Crippen LogP contribution < -0.4 is 5.32 Å². The topological polar surface area (TPSA) is 25.2 Å². The Balaban J connectivity index is 1.80. The third-order valence-corrected chi connectivity index (χ3v) is 3.23. The third kappa shape index (κ3) is 4.04. The molecule has 0 saturated carbocycles. The molecule has 0 atom stereocenters. The molecule has 0 saturated heterocycles. The zero-order valence-corrected chi connectivity index (χ0v) is 11.1. The molecule has 0 aliphatic heterocycles. The van der Waals surface area contributed by atoms with Gasteiger partial charge < -0.3 is 9.73 Å². The van der Waals surface area contributed by atoms with Crippen LogP contribution in [0.3, 0.4) is 0 Å². The van der Waals surface area contributed by atoms with Crippen LogP contribution in [-0.2, 0) is 13.0 Å². The minimum Gasteiger partial charge on any atom is -0.472 e. The number of rotatable bonds is 6. The maximum absolute atomic E-state index is 5.07. The molecular weight excluding hydrogens is 222 g/mol. The second-order valence-electron chi connectivity index (χ2n) is 5.35. The predicted molar refractivity (Wildman–Crippen MR) is 74.4 cm³/mol. The molecule has 96 valence electrons. The summed E-state index contributed by atoms with van der Waals surface area (Å²) in [6.07, 6.45) is 5.73. The van der Waals surface area contributed by atoms with E-state index in [1.165, 1.54) is 11.1 Å². The summed E-state index contributed by atoms with van der Waals surface area (Å²) in [6, 6.07) is 12.6. The minimum atomic E-state index is 0.132. The van der Waals surface area contributed by atoms with Gasteiger partial charge in [-0.2, -0.15) is 0 Å². The molecule has 18 heavy (non-hydrogen) atoms. The van der Waals surface area contributed by atoms with E-state index < -0.39 is 0 Å². The van der Waals surface area contributed by atoms with Crippen LogP contribution in [0.25, 0.3) is 0 Å². The van der Waals surface area contributed by atoms with Crippen molar-refractivity contribution in [2.45, 2.75) is 38.8 Å². The Morgan fingerprint density at radius 2 is 1.83 bits per heavy atom. The Hall–Kier alpha value is -1.54. The molecule has 2 rings (SSSR count). The quantitative estimate of drug-likeness (QED) is 0.835. The lowest BCUT2D eigenvalue weighted by Crippen LogP contribution is -2.39. The highest BCUT2D eigenvalue weighted by Crippen LogP contribution is 2.14. The molecule has 1 aromatic heterocycles. The first-order valence-electron chi connectivity index (χ1n) is 6.46. The van der Waals surface area contributed by atoms with E-state index in [4.69, 9.17) is 4.42 Å². The summed E-state index contributed by atoms with van der Waals surface area (Å²) in [5.41, 5.74) is 2.73. The van der Waals surface area contributed by atoms with Gasteiger partial charge in [0.15, 0.2) is 0 Å². The highest BCUT2D eigenvalue weighted by atomic mass is 16.3. The van der Waals surface area contributed by atoms with Gasteiger partial charge in [0.05, 0.1) is 12.5 Å².